The molecule has 3 aliphatic heterocycles. The first-order valence-corrected chi connectivity index (χ1v) is 8.57. The first-order chi connectivity index (χ1) is 11.7. The van der Waals surface area contributed by atoms with Crippen LogP contribution >= 0.6 is 0 Å². The Morgan fingerprint density at radius 1 is 1.38 bits per heavy atom. The molecule has 0 amide bonds. The zero-order valence-corrected chi connectivity index (χ0v) is 13.9. The SMILES string of the molecule is COC(=O)CC[C@H]1CN2CCc3cc4c(cc3[C@@H]2C[C@@H]1O)OCO4. The molecule has 1 aromatic carbocycles. The van der Waals surface area contributed by atoms with Gasteiger partial charge in [0.25, 0.3) is 0 Å². The molecule has 0 saturated carbocycles. The van der Waals surface area contributed by atoms with Crippen molar-refractivity contribution in [1.29, 1.82) is 0 Å². The maximum atomic E-state index is 11.4. The lowest BCUT2D eigenvalue weighted by molar-refractivity contribution is -0.141. The highest BCUT2D eigenvalue weighted by Gasteiger charge is 2.39. The van der Waals surface area contributed by atoms with Gasteiger partial charge >= 0.3 is 5.97 Å². The van der Waals surface area contributed by atoms with Crippen LogP contribution in [0.5, 0.6) is 11.5 Å². The molecule has 6 nitrogen and oxygen atoms in total. The normalized spacial score (nSPS) is 28.2. The monoisotopic (exact) mass is 333 g/mol. The van der Waals surface area contributed by atoms with E-state index in [4.69, 9.17) is 14.2 Å². The Kier molecular flexibility index (Phi) is 4.10. The third-order valence-corrected chi connectivity index (χ3v) is 5.53. The second kappa shape index (κ2) is 6.26. The van der Waals surface area contributed by atoms with Crippen molar-refractivity contribution in [3.8, 4) is 11.5 Å². The number of hydrogen-bond donors (Lipinski definition) is 1. The predicted molar refractivity (Wildman–Crippen MR) is 85.9 cm³/mol. The van der Waals surface area contributed by atoms with Crippen LogP contribution in [0.1, 0.15) is 36.4 Å². The van der Waals surface area contributed by atoms with Crippen LogP contribution < -0.4 is 9.47 Å². The van der Waals surface area contributed by atoms with Gasteiger partial charge in [0, 0.05) is 25.6 Å². The molecule has 3 atom stereocenters. The Bertz CT molecular complexity index is 647. The first kappa shape index (κ1) is 15.7. The van der Waals surface area contributed by atoms with E-state index in [9.17, 15) is 9.90 Å². The van der Waals surface area contributed by atoms with Gasteiger partial charge in [-0.25, -0.2) is 0 Å². The van der Waals surface area contributed by atoms with Crippen LogP contribution in [0.15, 0.2) is 12.1 Å². The maximum absolute atomic E-state index is 11.4. The molecule has 0 radical (unpaired) electrons. The van der Waals surface area contributed by atoms with E-state index in [1.165, 1.54) is 18.2 Å². The fourth-order valence-corrected chi connectivity index (χ4v) is 4.17. The quantitative estimate of drug-likeness (QED) is 0.849. The fraction of sp³-hybridized carbons (Fsp3) is 0.611. The number of carbonyl (C=O) groups is 1. The van der Waals surface area contributed by atoms with Crippen molar-refractivity contribution in [3.05, 3.63) is 23.3 Å². The summed E-state index contributed by atoms with van der Waals surface area (Å²) < 4.78 is 15.7. The Balaban J connectivity index is 1.51. The predicted octanol–water partition coefficient (Wildman–Crippen LogP) is 1.65. The first-order valence-electron chi connectivity index (χ1n) is 8.57. The Hall–Kier alpha value is -1.79. The highest BCUT2D eigenvalue weighted by molar-refractivity contribution is 5.69. The molecule has 0 aromatic heterocycles. The topological polar surface area (TPSA) is 68.2 Å². The van der Waals surface area contributed by atoms with Gasteiger partial charge in [0.1, 0.15) is 0 Å². The lowest BCUT2D eigenvalue weighted by Crippen LogP contribution is -2.48. The molecule has 1 fully saturated rings. The van der Waals surface area contributed by atoms with Crippen LogP contribution in [0, 0.1) is 5.92 Å². The van der Waals surface area contributed by atoms with Crippen LogP contribution in [0.2, 0.25) is 0 Å². The van der Waals surface area contributed by atoms with Gasteiger partial charge in [-0.3, -0.25) is 9.69 Å². The molecule has 0 bridgehead atoms. The van der Waals surface area contributed by atoms with Gasteiger partial charge in [-0.15, -0.1) is 0 Å². The molecule has 0 unspecified atom stereocenters. The summed E-state index contributed by atoms with van der Waals surface area (Å²) in [4.78, 5) is 13.8. The van der Waals surface area contributed by atoms with E-state index >= 15 is 0 Å². The van der Waals surface area contributed by atoms with Crippen molar-refractivity contribution in [2.24, 2.45) is 5.92 Å². The molecule has 24 heavy (non-hydrogen) atoms. The van der Waals surface area contributed by atoms with Crippen molar-refractivity contribution in [2.75, 3.05) is 27.0 Å². The molecule has 3 aliphatic rings. The molecular weight excluding hydrogens is 310 g/mol. The summed E-state index contributed by atoms with van der Waals surface area (Å²) in [7, 11) is 1.40. The molecule has 6 heteroatoms. The smallest absolute Gasteiger partial charge is 0.305 e. The minimum Gasteiger partial charge on any atom is -0.469 e. The number of piperidine rings is 1. The number of esters is 1. The Morgan fingerprint density at radius 2 is 2.17 bits per heavy atom. The summed E-state index contributed by atoms with van der Waals surface area (Å²) in [5.74, 6) is 1.55. The summed E-state index contributed by atoms with van der Waals surface area (Å²) in [5, 5.41) is 10.6. The van der Waals surface area contributed by atoms with Crippen LogP contribution in [0.4, 0.5) is 0 Å². The molecule has 1 N–H and O–H groups in total. The van der Waals surface area contributed by atoms with Crippen LogP contribution in [-0.2, 0) is 16.0 Å². The zero-order chi connectivity index (χ0) is 16.7. The van der Waals surface area contributed by atoms with Gasteiger partial charge in [-0.2, -0.15) is 0 Å². The molecular formula is C18H23NO5. The van der Waals surface area contributed by atoms with Gasteiger partial charge in [0.05, 0.1) is 13.2 Å². The van der Waals surface area contributed by atoms with E-state index in [1.807, 2.05) is 0 Å². The number of aliphatic hydroxyl groups excluding tert-OH is 1. The molecule has 3 heterocycles. The number of fused-ring (bicyclic) bond motifs is 4. The second-order valence-electron chi connectivity index (χ2n) is 6.84. The summed E-state index contributed by atoms with van der Waals surface area (Å²) in [5.41, 5.74) is 2.54. The van der Waals surface area contributed by atoms with Crippen LogP contribution in [-0.4, -0.2) is 49.1 Å². The minimum absolute atomic E-state index is 0.121. The van der Waals surface area contributed by atoms with E-state index in [1.54, 1.807) is 0 Å². The van der Waals surface area contributed by atoms with E-state index in [2.05, 4.69) is 17.0 Å². The summed E-state index contributed by atoms with van der Waals surface area (Å²) in [6.45, 7) is 2.07. The molecule has 130 valence electrons. The largest absolute Gasteiger partial charge is 0.469 e. The number of nitrogens with zero attached hydrogens (tertiary/aromatic N) is 1. The zero-order valence-electron chi connectivity index (χ0n) is 13.9. The third-order valence-electron chi connectivity index (χ3n) is 5.53. The molecule has 4 rings (SSSR count). The number of methoxy groups -OCH3 is 1. The second-order valence-corrected chi connectivity index (χ2v) is 6.84. The van der Waals surface area contributed by atoms with Crippen molar-refractivity contribution >= 4 is 5.97 Å². The van der Waals surface area contributed by atoms with Gasteiger partial charge in [-0.1, -0.05) is 0 Å². The number of ether oxygens (including phenoxy) is 3. The van der Waals surface area contributed by atoms with Crippen molar-refractivity contribution in [2.45, 2.75) is 37.8 Å². The van der Waals surface area contributed by atoms with E-state index < -0.39 is 6.10 Å². The van der Waals surface area contributed by atoms with Crippen molar-refractivity contribution < 1.29 is 24.1 Å². The van der Waals surface area contributed by atoms with Gasteiger partial charge < -0.3 is 19.3 Å². The molecule has 0 spiro atoms. The van der Waals surface area contributed by atoms with E-state index in [0.29, 0.717) is 19.3 Å². The minimum atomic E-state index is -0.396. The highest BCUT2D eigenvalue weighted by atomic mass is 16.7. The Morgan fingerprint density at radius 3 is 2.96 bits per heavy atom. The average Bonchev–Trinajstić information content (AvgIpc) is 3.05. The van der Waals surface area contributed by atoms with E-state index in [-0.39, 0.29) is 24.7 Å². The number of benzene rings is 1. The lowest BCUT2D eigenvalue weighted by atomic mass is 9.80. The number of rotatable bonds is 3. The average molecular weight is 333 g/mol. The van der Waals surface area contributed by atoms with Crippen molar-refractivity contribution in [1.82, 2.24) is 4.90 Å². The maximum Gasteiger partial charge on any atom is 0.305 e. The molecule has 1 aromatic rings. The highest BCUT2D eigenvalue weighted by Crippen LogP contribution is 2.44. The number of aliphatic hydroxyl groups is 1. The van der Waals surface area contributed by atoms with Crippen molar-refractivity contribution in [3.63, 3.8) is 0 Å². The van der Waals surface area contributed by atoms with Crippen LogP contribution in [0.3, 0.4) is 0 Å². The fourth-order valence-electron chi connectivity index (χ4n) is 4.17. The Labute approximate surface area is 141 Å². The summed E-state index contributed by atoms with van der Waals surface area (Å²) >= 11 is 0. The summed E-state index contributed by atoms with van der Waals surface area (Å²) in [6.07, 6.45) is 2.31. The number of carbonyl (C=O) groups excluding carboxylic acids is 1. The van der Waals surface area contributed by atoms with Gasteiger partial charge in [-0.05, 0) is 48.4 Å². The van der Waals surface area contributed by atoms with Gasteiger partial charge in [0.2, 0.25) is 6.79 Å². The van der Waals surface area contributed by atoms with Crippen LogP contribution in [0.25, 0.3) is 0 Å². The van der Waals surface area contributed by atoms with E-state index in [0.717, 1.165) is 31.0 Å². The lowest BCUT2D eigenvalue weighted by Gasteiger charge is -2.45. The summed E-state index contributed by atoms with van der Waals surface area (Å²) in [6, 6.07) is 4.38. The number of hydrogen-bond acceptors (Lipinski definition) is 6. The van der Waals surface area contributed by atoms with Gasteiger partial charge in [0.15, 0.2) is 11.5 Å². The molecule has 1 saturated heterocycles. The molecule has 0 aliphatic carbocycles. The standard InChI is InChI=1S/C18H23NO5/c1-22-18(21)3-2-12-9-19-5-4-11-6-16-17(24-10-23-16)7-13(11)14(19)8-15(12)20/h6-7,12,14-15,20H,2-5,8-10H2,1H3/t12-,14-,15-/m0/s1. The third kappa shape index (κ3) is 2.74.